The molecule has 0 radical (unpaired) electrons. The van der Waals surface area contributed by atoms with Gasteiger partial charge >= 0.3 is 12.2 Å². The van der Waals surface area contributed by atoms with Crippen LogP contribution in [-0.4, -0.2) is 38.7 Å². The Morgan fingerprint density at radius 2 is 1.63 bits per heavy atom. The highest BCUT2D eigenvalue weighted by Crippen LogP contribution is 2.33. The maximum atomic E-state index is 13.2. The third kappa shape index (κ3) is 7.66. The van der Waals surface area contributed by atoms with Crippen molar-refractivity contribution < 1.29 is 24.2 Å². The van der Waals surface area contributed by atoms with Crippen LogP contribution in [0.25, 0.3) is 11.3 Å². The van der Waals surface area contributed by atoms with Gasteiger partial charge in [-0.05, 0) is 56.7 Å². The number of carboxylic acid groups (broad SMARTS) is 1. The number of nitrogens with one attached hydrogen (secondary N) is 2. The van der Waals surface area contributed by atoms with E-state index in [9.17, 15) is 19.5 Å². The highest BCUT2D eigenvalue weighted by molar-refractivity contribution is 6.06. The van der Waals surface area contributed by atoms with Crippen LogP contribution in [0, 0.1) is 0 Å². The monoisotopic (exact) mass is 553 g/mol. The van der Waals surface area contributed by atoms with Crippen molar-refractivity contribution in [3.63, 3.8) is 0 Å². The molecule has 2 aromatic carbocycles. The predicted octanol–water partition coefficient (Wildman–Crippen LogP) is 6.11. The SMILES string of the molecule is CC(C)(C)N(C(=O)O)c1ccc(-c2ccccc2)nc1NC(=O)c1ccc(CNC(=O)OCc2cccnc2)cc1. The topological polar surface area (TPSA) is 134 Å². The molecule has 0 aliphatic rings. The Hall–Kier alpha value is -5.25. The van der Waals surface area contributed by atoms with Crippen LogP contribution in [0.4, 0.5) is 21.1 Å². The molecule has 0 saturated carbocycles. The number of rotatable bonds is 8. The molecule has 4 rings (SSSR count). The molecule has 0 fully saturated rings. The normalized spacial score (nSPS) is 10.9. The molecule has 0 spiro atoms. The maximum absolute atomic E-state index is 13.2. The van der Waals surface area contributed by atoms with Gasteiger partial charge in [-0.3, -0.25) is 14.7 Å². The van der Waals surface area contributed by atoms with Crippen LogP contribution >= 0.6 is 0 Å². The summed E-state index contributed by atoms with van der Waals surface area (Å²) in [6, 6.07) is 23.0. The van der Waals surface area contributed by atoms with E-state index in [0.29, 0.717) is 11.3 Å². The first-order chi connectivity index (χ1) is 19.6. The molecule has 2 aromatic heterocycles. The number of carbonyl (C=O) groups is 3. The average molecular weight is 554 g/mol. The fourth-order valence-corrected chi connectivity index (χ4v) is 4.06. The first kappa shape index (κ1) is 28.8. The highest BCUT2D eigenvalue weighted by Gasteiger charge is 2.31. The average Bonchev–Trinajstić information content (AvgIpc) is 2.96. The molecule has 3 N–H and O–H groups in total. The summed E-state index contributed by atoms with van der Waals surface area (Å²) in [7, 11) is 0. The van der Waals surface area contributed by atoms with Gasteiger partial charge in [0, 0.05) is 41.2 Å². The number of benzene rings is 2. The van der Waals surface area contributed by atoms with Crippen LogP contribution in [0.15, 0.2) is 91.3 Å². The van der Waals surface area contributed by atoms with Gasteiger partial charge in [0.2, 0.25) is 0 Å². The van der Waals surface area contributed by atoms with E-state index in [0.717, 1.165) is 16.7 Å². The zero-order valence-electron chi connectivity index (χ0n) is 23.0. The van der Waals surface area contributed by atoms with Gasteiger partial charge in [-0.2, -0.15) is 0 Å². The van der Waals surface area contributed by atoms with Gasteiger partial charge in [0.05, 0.1) is 11.4 Å². The summed E-state index contributed by atoms with van der Waals surface area (Å²) in [4.78, 5) is 47.3. The van der Waals surface area contributed by atoms with E-state index in [-0.39, 0.29) is 24.7 Å². The zero-order valence-corrected chi connectivity index (χ0v) is 23.0. The molecule has 41 heavy (non-hydrogen) atoms. The number of hydrogen-bond donors (Lipinski definition) is 3. The molecule has 10 heteroatoms. The maximum Gasteiger partial charge on any atom is 0.412 e. The third-order valence-corrected chi connectivity index (χ3v) is 6.02. The lowest BCUT2D eigenvalue weighted by Gasteiger charge is -2.34. The Morgan fingerprint density at radius 1 is 0.902 bits per heavy atom. The van der Waals surface area contributed by atoms with E-state index in [4.69, 9.17) is 4.74 Å². The Balaban J connectivity index is 1.48. The number of hydrogen-bond acceptors (Lipinski definition) is 6. The smallest absolute Gasteiger partial charge is 0.412 e. The largest absolute Gasteiger partial charge is 0.465 e. The van der Waals surface area contributed by atoms with Crippen molar-refractivity contribution in [3.05, 3.63) is 108 Å². The molecular weight excluding hydrogens is 522 g/mol. The van der Waals surface area contributed by atoms with Gasteiger partial charge < -0.3 is 20.5 Å². The number of nitrogens with zero attached hydrogens (tertiary/aromatic N) is 3. The molecule has 10 nitrogen and oxygen atoms in total. The molecule has 4 aromatic rings. The number of amides is 3. The van der Waals surface area contributed by atoms with Crippen molar-refractivity contribution in [1.82, 2.24) is 15.3 Å². The number of pyridine rings is 2. The van der Waals surface area contributed by atoms with Crippen LogP contribution < -0.4 is 15.5 Å². The van der Waals surface area contributed by atoms with E-state index in [1.165, 1.54) is 4.90 Å². The van der Waals surface area contributed by atoms with Crippen LogP contribution in [0.3, 0.4) is 0 Å². The lowest BCUT2D eigenvalue weighted by molar-refractivity contribution is 0.102. The predicted molar refractivity (Wildman–Crippen MR) is 156 cm³/mol. The van der Waals surface area contributed by atoms with Crippen LogP contribution in [0.5, 0.6) is 0 Å². The second kappa shape index (κ2) is 12.7. The van der Waals surface area contributed by atoms with Gasteiger partial charge in [-0.1, -0.05) is 48.5 Å². The summed E-state index contributed by atoms with van der Waals surface area (Å²) in [5.74, 6) is -0.339. The lowest BCUT2D eigenvalue weighted by Crippen LogP contribution is -2.45. The molecule has 3 amide bonds. The van der Waals surface area contributed by atoms with E-state index in [1.807, 2.05) is 36.4 Å². The molecule has 0 aliphatic carbocycles. The quantitative estimate of drug-likeness (QED) is 0.240. The summed E-state index contributed by atoms with van der Waals surface area (Å²) < 4.78 is 5.18. The van der Waals surface area contributed by atoms with Crippen molar-refractivity contribution in [1.29, 1.82) is 0 Å². The van der Waals surface area contributed by atoms with Crippen LogP contribution in [0.1, 0.15) is 42.3 Å². The van der Waals surface area contributed by atoms with Crippen molar-refractivity contribution in [2.45, 2.75) is 39.5 Å². The Morgan fingerprint density at radius 3 is 2.27 bits per heavy atom. The van der Waals surface area contributed by atoms with Crippen LogP contribution in [-0.2, 0) is 17.9 Å². The van der Waals surface area contributed by atoms with Crippen molar-refractivity contribution in [3.8, 4) is 11.3 Å². The zero-order chi connectivity index (χ0) is 29.4. The minimum absolute atomic E-state index is 0.106. The molecule has 0 unspecified atom stereocenters. The number of anilines is 2. The van der Waals surface area contributed by atoms with Crippen molar-refractivity contribution >= 4 is 29.6 Å². The minimum Gasteiger partial charge on any atom is -0.465 e. The van der Waals surface area contributed by atoms with Gasteiger partial charge in [0.1, 0.15) is 6.61 Å². The molecule has 0 saturated heterocycles. The standard InChI is InChI=1S/C31H31N5O5/c1-31(2,3)36(30(39)40)26-16-15-25(23-9-5-4-6-10-23)34-27(26)35-28(37)24-13-11-21(12-14-24)19-33-29(38)41-20-22-8-7-17-32-18-22/h4-18H,19-20H2,1-3H3,(H,33,38)(H,39,40)(H,34,35,37). The highest BCUT2D eigenvalue weighted by atomic mass is 16.5. The molecule has 0 bridgehead atoms. The number of ether oxygens (including phenoxy) is 1. The first-order valence-corrected chi connectivity index (χ1v) is 12.9. The van der Waals surface area contributed by atoms with Crippen molar-refractivity contribution in [2.75, 3.05) is 10.2 Å². The second-order valence-corrected chi connectivity index (χ2v) is 10.2. The van der Waals surface area contributed by atoms with Gasteiger partial charge in [-0.15, -0.1) is 0 Å². The summed E-state index contributed by atoms with van der Waals surface area (Å²) in [5.41, 5.74) is 2.74. The summed E-state index contributed by atoms with van der Waals surface area (Å²) >= 11 is 0. The van der Waals surface area contributed by atoms with E-state index < -0.39 is 23.6 Å². The fraction of sp³-hybridized carbons (Fsp3) is 0.194. The minimum atomic E-state index is -1.17. The summed E-state index contributed by atoms with van der Waals surface area (Å²) in [6.07, 6.45) is 1.52. The second-order valence-electron chi connectivity index (χ2n) is 10.2. The third-order valence-electron chi connectivity index (χ3n) is 6.02. The molecule has 0 atom stereocenters. The molecule has 0 aliphatic heterocycles. The van der Waals surface area contributed by atoms with Crippen LogP contribution in [0.2, 0.25) is 0 Å². The molecule has 210 valence electrons. The summed E-state index contributed by atoms with van der Waals surface area (Å²) in [6.45, 7) is 5.60. The van der Waals surface area contributed by atoms with Crippen molar-refractivity contribution in [2.24, 2.45) is 0 Å². The molecule has 2 heterocycles. The number of aromatic nitrogens is 2. The first-order valence-electron chi connectivity index (χ1n) is 12.9. The van der Waals surface area contributed by atoms with E-state index in [1.54, 1.807) is 75.6 Å². The lowest BCUT2D eigenvalue weighted by atomic mass is 10.0. The van der Waals surface area contributed by atoms with Gasteiger partial charge in [0.15, 0.2) is 5.82 Å². The molecular formula is C31H31N5O5. The van der Waals surface area contributed by atoms with E-state index in [2.05, 4.69) is 20.6 Å². The van der Waals surface area contributed by atoms with Gasteiger partial charge in [0.25, 0.3) is 5.91 Å². The Bertz CT molecular complexity index is 1500. The fourth-order valence-electron chi connectivity index (χ4n) is 4.06. The summed E-state index contributed by atoms with van der Waals surface area (Å²) in [5, 5.41) is 15.4. The van der Waals surface area contributed by atoms with E-state index >= 15 is 0 Å². The Labute approximate surface area is 238 Å². The number of carbonyl (C=O) groups excluding carboxylic acids is 2. The Kier molecular flexibility index (Phi) is 8.93. The number of alkyl carbamates (subject to hydrolysis) is 1. The van der Waals surface area contributed by atoms with Gasteiger partial charge in [-0.25, -0.2) is 14.6 Å².